The second-order valence-electron chi connectivity index (χ2n) is 2.92. The lowest BCUT2D eigenvalue weighted by Gasteiger charge is -2.27. The number of likely N-dealkylation sites (N-methyl/N-ethyl adjacent to an activating group) is 1. The normalized spacial score (nSPS) is 18.9. The van der Waals surface area contributed by atoms with Gasteiger partial charge in [0, 0.05) is 13.6 Å². The van der Waals surface area contributed by atoms with Gasteiger partial charge in [0.05, 0.1) is 0 Å². The van der Waals surface area contributed by atoms with Crippen LogP contribution in [0.1, 0.15) is 6.92 Å². The number of nitrogens with zero attached hydrogens (tertiary/aromatic N) is 1. The Morgan fingerprint density at radius 2 is 1.92 bits per heavy atom. The molecule has 0 saturated heterocycles. The van der Waals surface area contributed by atoms with Crippen LogP contribution < -0.4 is 0 Å². The molecule has 0 radical (unpaired) electrons. The third-order valence-corrected chi connectivity index (χ3v) is 1.71. The van der Waals surface area contributed by atoms with Crippen molar-refractivity contribution in [3.63, 3.8) is 0 Å². The van der Waals surface area contributed by atoms with E-state index in [0.717, 1.165) is 11.6 Å². The molecule has 0 aromatic carbocycles. The number of hydrogen-bond acceptors (Lipinski definition) is 1. The molecule has 0 fully saturated rings. The maximum Gasteiger partial charge on any atom is 0.431 e. The Hall–Kier alpha value is -0.930. The fourth-order valence-corrected chi connectivity index (χ4v) is 1.17. The number of alkyl halides is 3. The smallest absolute Gasteiger partial charge is 0.367 e. The maximum absolute atomic E-state index is 12.2. The summed E-state index contributed by atoms with van der Waals surface area (Å²) in [6.45, 7) is 2.16. The lowest BCUT2D eigenvalue weighted by molar-refractivity contribution is -0.109. The minimum atomic E-state index is -4.23. The van der Waals surface area contributed by atoms with Crippen LogP contribution in [0.2, 0.25) is 0 Å². The lowest BCUT2D eigenvalue weighted by atomic mass is 10.1. The Bertz CT molecular complexity index is 237. The summed E-state index contributed by atoms with van der Waals surface area (Å²) in [5, 5.41) is 0. The second-order valence-corrected chi connectivity index (χ2v) is 2.92. The van der Waals surface area contributed by atoms with E-state index in [9.17, 15) is 13.2 Å². The molecule has 1 nitrogen and oxygen atoms in total. The van der Waals surface area contributed by atoms with Gasteiger partial charge in [-0.15, -0.1) is 0 Å². The summed E-state index contributed by atoms with van der Waals surface area (Å²) in [6.07, 6.45) is -1.62. The van der Waals surface area contributed by atoms with Crippen molar-refractivity contribution in [1.82, 2.24) is 4.90 Å². The molecule has 0 atom stereocenters. The molecule has 1 rings (SSSR count). The standard InChI is InChI=1S/C8H10F3N/c1-6-3-4-7(8(9,10)11)12(2)5-6/h3-4H,5H2,1-2H3. The largest absolute Gasteiger partial charge is 0.431 e. The van der Waals surface area contributed by atoms with Crippen LogP contribution in [0.5, 0.6) is 0 Å². The van der Waals surface area contributed by atoms with E-state index in [1.165, 1.54) is 18.0 Å². The van der Waals surface area contributed by atoms with Gasteiger partial charge in [0.1, 0.15) is 5.70 Å². The first-order valence-corrected chi connectivity index (χ1v) is 3.57. The minimum absolute atomic E-state index is 0.353. The molecule has 1 heterocycles. The van der Waals surface area contributed by atoms with Crippen molar-refractivity contribution in [3.8, 4) is 0 Å². The van der Waals surface area contributed by atoms with Crippen LogP contribution in [0.4, 0.5) is 13.2 Å². The van der Waals surface area contributed by atoms with E-state index in [4.69, 9.17) is 0 Å². The Morgan fingerprint density at radius 1 is 1.33 bits per heavy atom. The number of rotatable bonds is 0. The summed E-state index contributed by atoms with van der Waals surface area (Å²) in [7, 11) is 1.44. The molecule has 0 amide bonds. The molecule has 68 valence electrons. The van der Waals surface area contributed by atoms with Gasteiger partial charge in [-0.1, -0.05) is 11.6 Å². The molecule has 0 spiro atoms. The molecule has 1 aliphatic heterocycles. The van der Waals surface area contributed by atoms with Crippen LogP contribution in [0.3, 0.4) is 0 Å². The van der Waals surface area contributed by atoms with E-state index in [0.29, 0.717) is 6.54 Å². The first kappa shape index (κ1) is 9.16. The third-order valence-electron chi connectivity index (χ3n) is 1.71. The van der Waals surface area contributed by atoms with Gasteiger partial charge in [-0.05, 0) is 13.0 Å². The lowest BCUT2D eigenvalue weighted by Crippen LogP contribution is -2.31. The molecule has 0 aromatic heterocycles. The summed E-state index contributed by atoms with van der Waals surface area (Å²) in [6, 6.07) is 0. The molecule has 0 N–H and O–H groups in total. The third kappa shape index (κ3) is 1.81. The molecule has 0 saturated carbocycles. The van der Waals surface area contributed by atoms with E-state index < -0.39 is 11.9 Å². The van der Waals surface area contributed by atoms with Crippen molar-refractivity contribution < 1.29 is 13.2 Å². The molecule has 4 heteroatoms. The summed E-state index contributed by atoms with van der Waals surface area (Å²) in [5.74, 6) is 0. The molecular formula is C8H10F3N. The Kier molecular flexibility index (Phi) is 2.17. The Labute approximate surface area is 69.2 Å². The van der Waals surface area contributed by atoms with Gasteiger partial charge < -0.3 is 4.90 Å². The van der Waals surface area contributed by atoms with E-state index >= 15 is 0 Å². The van der Waals surface area contributed by atoms with Gasteiger partial charge in [-0.2, -0.15) is 13.2 Å². The highest BCUT2D eigenvalue weighted by atomic mass is 19.4. The topological polar surface area (TPSA) is 3.24 Å². The van der Waals surface area contributed by atoms with Crippen LogP contribution in [0, 0.1) is 0 Å². The van der Waals surface area contributed by atoms with Crippen LogP contribution in [-0.4, -0.2) is 24.7 Å². The van der Waals surface area contributed by atoms with Crippen molar-refractivity contribution in [2.45, 2.75) is 13.1 Å². The highest BCUT2D eigenvalue weighted by Gasteiger charge is 2.36. The molecule has 1 aliphatic rings. The molecule has 12 heavy (non-hydrogen) atoms. The summed E-state index contributed by atoms with van der Waals surface area (Å²) < 4.78 is 36.5. The number of allylic oxidation sites excluding steroid dienone is 3. The average molecular weight is 177 g/mol. The van der Waals surface area contributed by atoms with Gasteiger partial charge in [-0.25, -0.2) is 0 Å². The van der Waals surface area contributed by atoms with Gasteiger partial charge in [0.25, 0.3) is 0 Å². The van der Waals surface area contributed by atoms with E-state index in [-0.39, 0.29) is 0 Å². The van der Waals surface area contributed by atoms with Crippen LogP contribution in [0.25, 0.3) is 0 Å². The predicted octanol–water partition coefficient (Wildman–Crippen LogP) is 2.32. The van der Waals surface area contributed by atoms with Crippen molar-refractivity contribution in [2.24, 2.45) is 0 Å². The van der Waals surface area contributed by atoms with Crippen LogP contribution >= 0.6 is 0 Å². The van der Waals surface area contributed by atoms with Crippen molar-refractivity contribution in [2.75, 3.05) is 13.6 Å². The van der Waals surface area contributed by atoms with Crippen LogP contribution in [-0.2, 0) is 0 Å². The fraction of sp³-hybridized carbons (Fsp3) is 0.500. The van der Waals surface area contributed by atoms with Crippen molar-refractivity contribution >= 4 is 0 Å². The summed E-state index contributed by atoms with van der Waals surface area (Å²) in [4.78, 5) is 1.20. The summed E-state index contributed by atoms with van der Waals surface area (Å²) in [5.41, 5.74) is 0.360. The Balaban J connectivity index is 2.91. The molecule has 0 unspecified atom stereocenters. The molecule has 0 aliphatic carbocycles. The molecule has 0 aromatic rings. The molecular weight excluding hydrogens is 167 g/mol. The van der Waals surface area contributed by atoms with Gasteiger partial charge in [0.2, 0.25) is 0 Å². The van der Waals surface area contributed by atoms with E-state index in [2.05, 4.69) is 0 Å². The monoisotopic (exact) mass is 177 g/mol. The highest BCUT2D eigenvalue weighted by Crippen LogP contribution is 2.29. The quantitative estimate of drug-likeness (QED) is 0.548. The maximum atomic E-state index is 12.2. The van der Waals surface area contributed by atoms with Crippen molar-refractivity contribution in [1.29, 1.82) is 0 Å². The molecule has 0 bridgehead atoms. The zero-order valence-electron chi connectivity index (χ0n) is 6.94. The van der Waals surface area contributed by atoms with Crippen molar-refractivity contribution in [3.05, 3.63) is 23.4 Å². The van der Waals surface area contributed by atoms with Gasteiger partial charge in [0.15, 0.2) is 0 Å². The summed E-state index contributed by atoms with van der Waals surface area (Å²) >= 11 is 0. The zero-order chi connectivity index (χ0) is 9.35. The number of halogens is 3. The first-order chi connectivity index (χ1) is 5.41. The average Bonchev–Trinajstić information content (AvgIpc) is 1.83. The fourth-order valence-electron chi connectivity index (χ4n) is 1.17. The van der Waals surface area contributed by atoms with Gasteiger partial charge >= 0.3 is 6.18 Å². The van der Waals surface area contributed by atoms with Gasteiger partial charge in [-0.3, -0.25) is 0 Å². The van der Waals surface area contributed by atoms with Crippen LogP contribution in [0.15, 0.2) is 23.4 Å². The minimum Gasteiger partial charge on any atom is -0.367 e. The second kappa shape index (κ2) is 2.84. The SMILES string of the molecule is CC1=CC=C(C(F)(F)F)N(C)C1. The van der Waals surface area contributed by atoms with E-state index in [1.54, 1.807) is 6.92 Å². The highest BCUT2D eigenvalue weighted by molar-refractivity contribution is 5.25. The number of hydrogen-bond donors (Lipinski definition) is 0. The first-order valence-electron chi connectivity index (χ1n) is 3.57. The predicted molar refractivity (Wildman–Crippen MR) is 40.5 cm³/mol. The Morgan fingerprint density at radius 3 is 2.33 bits per heavy atom. The zero-order valence-corrected chi connectivity index (χ0v) is 6.94. The van der Waals surface area contributed by atoms with E-state index in [1.807, 2.05) is 0 Å².